The Labute approximate surface area is 144 Å². The van der Waals surface area contributed by atoms with Crippen LogP contribution in [0.2, 0.25) is 5.02 Å². The molecule has 130 valence electrons. The van der Waals surface area contributed by atoms with Gasteiger partial charge in [-0.2, -0.15) is 0 Å². The maximum absolute atomic E-state index is 13.0. The Bertz CT molecular complexity index is 635. The fourth-order valence-corrected chi connectivity index (χ4v) is 1.74. The SMILES string of the molecule is CCCCNC(=O)NC(=O)COC(=O)/C=C/c1ccc(F)c(Cl)c1. The molecule has 3 amide bonds. The van der Waals surface area contributed by atoms with Crippen molar-refractivity contribution in [3.05, 3.63) is 40.7 Å². The van der Waals surface area contributed by atoms with Crippen LogP contribution in [0.5, 0.6) is 0 Å². The predicted octanol–water partition coefficient (Wildman–Crippen LogP) is 2.66. The van der Waals surface area contributed by atoms with Crippen molar-refractivity contribution in [1.82, 2.24) is 10.6 Å². The van der Waals surface area contributed by atoms with Gasteiger partial charge < -0.3 is 10.1 Å². The highest BCUT2D eigenvalue weighted by Gasteiger charge is 2.09. The fourth-order valence-electron chi connectivity index (χ4n) is 1.55. The lowest BCUT2D eigenvalue weighted by atomic mass is 10.2. The van der Waals surface area contributed by atoms with Crippen LogP contribution in [0, 0.1) is 5.82 Å². The molecule has 0 saturated heterocycles. The molecule has 0 fully saturated rings. The molecule has 0 aliphatic heterocycles. The molecule has 0 bridgehead atoms. The third-order valence-electron chi connectivity index (χ3n) is 2.77. The average molecular weight is 357 g/mol. The number of halogens is 2. The van der Waals surface area contributed by atoms with Gasteiger partial charge in [-0.3, -0.25) is 10.1 Å². The van der Waals surface area contributed by atoms with Crippen molar-refractivity contribution >= 4 is 35.6 Å². The number of ether oxygens (including phenoxy) is 1. The number of carbonyl (C=O) groups is 3. The van der Waals surface area contributed by atoms with E-state index < -0.39 is 30.3 Å². The molecule has 0 radical (unpaired) electrons. The summed E-state index contributed by atoms with van der Waals surface area (Å²) in [6.45, 7) is 1.84. The van der Waals surface area contributed by atoms with Crippen molar-refractivity contribution in [2.24, 2.45) is 0 Å². The van der Waals surface area contributed by atoms with Crippen molar-refractivity contribution in [2.45, 2.75) is 19.8 Å². The summed E-state index contributed by atoms with van der Waals surface area (Å²) in [4.78, 5) is 34.2. The molecule has 0 heterocycles. The van der Waals surface area contributed by atoms with Crippen molar-refractivity contribution in [3.63, 3.8) is 0 Å². The number of hydrogen-bond donors (Lipinski definition) is 2. The molecule has 1 rings (SSSR count). The normalized spacial score (nSPS) is 10.5. The van der Waals surface area contributed by atoms with Crippen molar-refractivity contribution in [3.8, 4) is 0 Å². The third-order valence-corrected chi connectivity index (χ3v) is 3.06. The molecule has 0 saturated carbocycles. The Hall–Kier alpha value is -2.41. The maximum Gasteiger partial charge on any atom is 0.331 e. The van der Waals surface area contributed by atoms with E-state index in [9.17, 15) is 18.8 Å². The zero-order valence-electron chi connectivity index (χ0n) is 13.1. The Balaban J connectivity index is 2.34. The highest BCUT2D eigenvalue weighted by Crippen LogP contribution is 2.16. The van der Waals surface area contributed by atoms with Gasteiger partial charge in [0.1, 0.15) is 5.82 Å². The lowest BCUT2D eigenvalue weighted by Crippen LogP contribution is -2.41. The topological polar surface area (TPSA) is 84.5 Å². The second-order valence-electron chi connectivity index (χ2n) is 4.77. The van der Waals surface area contributed by atoms with Crippen LogP contribution < -0.4 is 10.6 Å². The van der Waals surface area contributed by atoms with Gasteiger partial charge in [0.2, 0.25) is 0 Å². The molecule has 0 aromatic heterocycles. The molecule has 0 aliphatic rings. The number of esters is 1. The monoisotopic (exact) mass is 356 g/mol. The number of imide groups is 1. The van der Waals surface area contributed by atoms with Gasteiger partial charge in [0.25, 0.3) is 5.91 Å². The number of amides is 3. The van der Waals surface area contributed by atoms with E-state index in [-0.39, 0.29) is 5.02 Å². The van der Waals surface area contributed by atoms with Crippen LogP contribution in [0.15, 0.2) is 24.3 Å². The largest absolute Gasteiger partial charge is 0.452 e. The number of carbonyl (C=O) groups excluding carboxylic acids is 3. The van der Waals surface area contributed by atoms with E-state index in [1.54, 1.807) is 0 Å². The van der Waals surface area contributed by atoms with Crippen LogP contribution in [0.4, 0.5) is 9.18 Å². The number of unbranched alkanes of at least 4 members (excludes halogenated alkanes) is 1. The molecular formula is C16H18ClFN2O4. The molecule has 0 aliphatic carbocycles. The summed E-state index contributed by atoms with van der Waals surface area (Å²) in [5.41, 5.74) is 0.498. The number of hydrogen-bond acceptors (Lipinski definition) is 4. The first kappa shape index (κ1) is 19.6. The van der Waals surface area contributed by atoms with E-state index >= 15 is 0 Å². The molecule has 2 N–H and O–H groups in total. The number of urea groups is 1. The molecule has 6 nitrogen and oxygen atoms in total. The summed E-state index contributed by atoms with van der Waals surface area (Å²) in [6.07, 6.45) is 4.15. The van der Waals surface area contributed by atoms with E-state index in [1.165, 1.54) is 18.2 Å². The summed E-state index contributed by atoms with van der Waals surface area (Å²) < 4.78 is 17.7. The minimum atomic E-state index is -0.781. The van der Waals surface area contributed by atoms with Crippen LogP contribution >= 0.6 is 11.6 Å². The first-order chi connectivity index (χ1) is 11.4. The number of benzene rings is 1. The fraction of sp³-hybridized carbons (Fsp3) is 0.312. The molecule has 24 heavy (non-hydrogen) atoms. The van der Waals surface area contributed by atoms with Gasteiger partial charge in [0, 0.05) is 12.6 Å². The number of nitrogens with one attached hydrogen (secondary N) is 2. The van der Waals surface area contributed by atoms with Gasteiger partial charge in [0.15, 0.2) is 6.61 Å². The Morgan fingerprint density at radius 1 is 1.33 bits per heavy atom. The minimum absolute atomic E-state index is 0.0704. The van der Waals surface area contributed by atoms with E-state index in [0.717, 1.165) is 25.0 Å². The summed E-state index contributed by atoms with van der Waals surface area (Å²) in [5, 5.41) is 4.45. The highest BCUT2D eigenvalue weighted by atomic mass is 35.5. The van der Waals surface area contributed by atoms with Gasteiger partial charge in [-0.05, 0) is 30.2 Å². The Morgan fingerprint density at radius 2 is 2.08 bits per heavy atom. The van der Waals surface area contributed by atoms with Gasteiger partial charge in [-0.25, -0.2) is 14.0 Å². The molecule has 8 heteroatoms. The third kappa shape index (κ3) is 7.73. The molecule has 0 unspecified atom stereocenters. The van der Waals surface area contributed by atoms with E-state index in [1.807, 2.05) is 12.2 Å². The van der Waals surface area contributed by atoms with Crippen LogP contribution in [0.1, 0.15) is 25.3 Å². The zero-order chi connectivity index (χ0) is 17.9. The summed E-state index contributed by atoms with van der Waals surface area (Å²) in [6, 6.07) is 3.30. The van der Waals surface area contributed by atoms with Crippen LogP contribution in [0.3, 0.4) is 0 Å². The predicted molar refractivity (Wildman–Crippen MR) is 87.9 cm³/mol. The van der Waals surface area contributed by atoms with Gasteiger partial charge in [-0.15, -0.1) is 0 Å². The van der Waals surface area contributed by atoms with E-state index in [0.29, 0.717) is 12.1 Å². The van der Waals surface area contributed by atoms with Crippen molar-refractivity contribution in [1.29, 1.82) is 0 Å². The minimum Gasteiger partial charge on any atom is -0.452 e. The molecule has 0 spiro atoms. The number of rotatable bonds is 7. The van der Waals surface area contributed by atoms with Crippen molar-refractivity contribution in [2.75, 3.05) is 13.2 Å². The summed E-state index contributed by atoms with van der Waals surface area (Å²) in [7, 11) is 0. The summed E-state index contributed by atoms with van der Waals surface area (Å²) in [5.74, 6) is -2.09. The van der Waals surface area contributed by atoms with E-state index in [4.69, 9.17) is 11.6 Å². The van der Waals surface area contributed by atoms with Crippen LogP contribution in [-0.2, 0) is 14.3 Å². The highest BCUT2D eigenvalue weighted by molar-refractivity contribution is 6.30. The van der Waals surface area contributed by atoms with Crippen molar-refractivity contribution < 1.29 is 23.5 Å². The lowest BCUT2D eigenvalue weighted by molar-refractivity contribution is -0.143. The average Bonchev–Trinajstić information content (AvgIpc) is 2.54. The maximum atomic E-state index is 13.0. The van der Waals surface area contributed by atoms with Gasteiger partial charge in [-0.1, -0.05) is 31.0 Å². The van der Waals surface area contributed by atoms with Gasteiger partial charge >= 0.3 is 12.0 Å². The second-order valence-corrected chi connectivity index (χ2v) is 5.18. The Kier molecular flexibility index (Phi) is 8.49. The molecule has 1 aromatic carbocycles. The molecule has 0 atom stereocenters. The molecule has 1 aromatic rings. The van der Waals surface area contributed by atoms with E-state index in [2.05, 4.69) is 10.1 Å². The lowest BCUT2D eigenvalue weighted by Gasteiger charge is -2.06. The zero-order valence-corrected chi connectivity index (χ0v) is 13.9. The first-order valence-electron chi connectivity index (χ1n) is 7.30. The first-order valence-corrected chi connectivity index (χ1v) is 7.67. The second kappa shape index (κ2) is 10.4. The smallest absolute Gasteiger partial charge is 0.331 e. The van der Waals surface area contributed by atoms with Crippen LogP contribution in [0.25, 0.3) is 6.08 Å². The van der Waals surface area contributed by atoms with Crippen LogP contribution in [-0.4, -0.2) is 31.1 Å². The standard InChI is InChI=1S/C16H18ClFN2O4/c1-2-3-8-19-16(23)20-14(21)10-24-15(22)7-5-11-4-6-13(18)12(17)9-11/h4-7,9H,2-3,8,10H2,1H3,(H2,19,20,21,23)/b7-5+. The van der Waals surface area contributed by atoms with Gasteiger partial charge in [0.05, 0.1) is 5.02 Å². The Morgan fingerprint density at radius 3 is 2.75 bits per heavy atom. The summed E-state index contributed by atoms with van der Waals surface area (Å²) >= 11 is 5.61. The quantitative estimate of drug-likeness (QED) is 0.447. The molecular weight excluding hydrogens is 339 g/mol.